The fraction of sp³-hybridized carbons (Fsp3) is 0.600. The molecule has 9 nitrogen and oxygen atoms in total. The molecule has 0 aliphatic carbocycles. The zero-order valence-electron chi connectivity index (χ0n) is 15.4. The molecule has 1 heterocycles. The molecule has 0 saturated heterocycles. The summed E-state index contributed by atoms with van der Waals surface area (Å²) in [6.07, 6.45) is -0.588. The molecule has 0 saturated carbocycles. The summed E-state index contributed by atoms with van der Waals surface area (Å²) in [5.74, 6) is 0.140. The van der Waals surface area contributed by atoms with Crippen LogP contribution in [0.4, 0.5) is 10.5 Å². The fourth-order valence-electron chi connectivity index (χ4n) is 1.59. The average Bonchev–Trinajstić information content (AvgIpc) is 2.49. The number of primary amides is 1. The van der Waals surface area contributed by atoms with Gasteiger partial charge in [0.1, 0.15) is 12.8 Å². The molecule has 1 aromatic rings. The summed E-state index contributed by atoms with van der Waals surface area (Å²) in [6, 6.07) is 1.28. The normalized spacial score (nSPS) is 13.2. The molecule has 26 heavy (non-hydrogen) atoms. The summed E-state index contributed by atoms with van der Waals surface area (Å²) in [5, 5.41) is 10.7. The Bertz CT molecular complexity index is 665. The lowest BCUT2D eigenvalue weighted by atomic mass is 10.2. The third-order valence-electron chi connectivity index (χ3n) is 4.13. The highest BCUT2D eigenvalue weighted by Gasteiger charge is 2.38. The minimum Gasteiger partial charge on any atom is -0.473 e. The second kappa shape index (κ2) is 8.78. The molecule has 0 fully saturated rings. The molecular weight excluding hydrogens is 426 g/mol. The molecule has 1 atom stereocenters. The van der Waals surface area contributed by atoms with Gasteiger partial charge in [-0.05, 0) is 34.1 Å². The summed E-state index contributed by atoms with van der Waals surface area (Å²) in [7, 11) is -2.05. The van der Waals surface area contributed by atoms with Crippen molar-refractivity contribution in [2.24, 2.45) is 5.73 Å². The Morgan fingerprint density at radius 2 is 2.04 bits per heavy atom. The highest BCUT2D eigenvalue weighted by molar-refractivity contribution is 9.10. The zero-order valence-corrected chi connectivity index (χ0v) is 18.0. The topological polar surface area (TPSA) is 127 Å². The highest BCUT2D eigenvalue weighted by atomic mass is 79.9. The first kappa shape index (κ1) is 22.3. The molecule has 11 heteroatoms. The van der Waals surface area contributed by atoms with Crippen molar-refractivity contribution >= 4 is 36.0 Å². The number of nitrogens with zero attached hydrogens (tertiary/aromatic N) is 2. The number of rotatable bonds is 8. The van der Waals surface area contributed by atoms with Gasteiger partial charge in [-0.3, -0.25) is 10.1 Å². The molecule has 0 bridgehead atoms. The van der Waals surface area contributed by atoms with Crippen LogP contribution in [0.25, 0.3) is 0 Å². The van der Waals surface area contributed by atoms with Crippen molar-refractivity contribution in [3.8, 4) is 5.88 Å². The number of hydrogen-bond donors (Lipinski definition) is 1. The Labute approximate surface area is 161 Å². The van der Waals surface area contributed by atoms with E-state index in [0.29, 0.717) is 4.47 Å². The molecule has 0 radical (unpaired) electrons. The molecular formula is C15H24BrN3O6Si. The van der Waals surface area contributed by atoms with Gasteiger partial charge in [0, 0.05) is 6.07 Å². The van der Waals surface area contributed by atoms with Crippen LogP contribution in [-0.4, -0.2) is 43.6 Å². The predicted molar refractivity (Wildman–Crippen MR) is 102 cm³/mol. The SMILES string of the molecule is CC(C)(C)[Si](C)(C)OCC(COc1ncc([N+](=O)[O-])cc1Br)OC(N)=O. The van der Waals surface area contributed by atoms with Crippen LogP contribution in [0.5, 0.6) is 5.88 Å². The van der Waals surface area contributed by atoms with Crippen LogP contribution in [0.1, 0.15) is 20.8 Å². The van der Waals surface area contributed by atoms with Crippen LogP contribution < -0.4 is 10.5 Å². The third kappa shape index (κ3) is 6.54. The molecule has 1 rings (SSSR count). The highest BCUT2D eigenvalue weighted by Crippen LogP contribution is 2.36. The molecule has 1 aromatic heterocycles. The minimum atomic E-state index is -2.05. The summed E-state index contributed by atoms with van der Waals surface area (Å²) in [4.78, 5) is 25.2. The Hall–Kier alpha value is -1.72. The van der Waals surface area contributed by atoms with Gasteiger partial charge in [0.15, 0.2) is 14.4 Å². The van der Waals surface area contributed by atoms with Gasteiger partial charge in [0.05, 0.1) is 16.0 Å². The maximum Gasteiger partial charge on any atom is 0.404 e. The van der Waals surface area contributed by atoms with Gasteiger partial charge in [0.2, 0.25) is 5.88 Å². The third-order valence-corrected chi connectivity index (χ3v) is 9.20. The lowest BCUT2D eigenvalue weighted by Crippen LogP contribution is -2.44. The second-order valence-corrected chi connectivity index (χ2v) is 12.8. The number of pyridine rings is 1. The lowest BCUT2D eigenvalue weighted by molar-refractivity contribution is -0.385. The van der Waals surface area contributed by atoms with Crippen molar-refractivity contribution in [1.29, 1.82) is 0 Å². The van der Waals surface area contributed by atoms with E-state index in [1.54, 1.807) is 0 Å². The minimum absolute atomic E-state index is 0.00587. The first-order chi connectivity index (χ1) is 11.8. The molecule has 0 aromatic carbocycles. The predicted octanol–water partition coefficient (Wildman–Crippen LogP) is 3.62. The molecule has 0 spiro atoms. The lowest BCUT2D eigenvalue weighted by Gasteiger charge is -2.37. The maximum absolute atomic E-state index is 11.1. The number of halogens is 1. The van der Waals surface area contributed by atoms with Crippen LogP contribution >= 0.6 is 15.9 Å². The monoisotopic (exact) mass is 449 g/mol. The van der Waals surface area contributed by atoms with Crippen LogP contribution in [0.3, 0.4) is 0 Å². The zero-order chi connectivity index (χ0) is 20.1. The molecule has 1 amide bonds. The van der Waals surface area contributed by atoms with Crippen molar-refractivity contribution in [1.82, 2.24) is 4.98 Å². The standard InChI is InChI=1S/C15H24BrN3O6Si/c1-15(2,3)26(4,5)24-9-11(25-14(17)20)8-23-13-12(16)6-10(7-18-13)19(21)22/h6-7,11H,8-9H2,1-5H3,(H2,17,20). The van der Waals surface area contributed by atoms with Gasteiger partial charge in [-0.2, -0.15) is 0 Å². The van der Waals surface area contributed by atoms with Crippen molar-refractivity contribution in [3.63, 3.8) is 0 Å². The number of hydrogen-bond acceptors (Lipinski definition) is 7. The molecule has 1 unspecified atom stereocenters. The summed E-state index contributed by atoms with van der Waals surface area (Å²) in [6.45, 7) is 10.5. The molecule has 0 aliphatic heterocycles. The van der Waals surface area contributed by atoms with Gasteiger partial charge >= 0.3 is 6.09 Å². The van der Waals surface area contributed by atoms with Crippen molar-refractivity contribution < 1.29 is 23.6 Å². The van der Waals surface area contributed by atoms with Crippen LogP contribution in [-0.2, 0) is 9.16 Å². The van der Waals surface area contributed by atoms with Gasteiger partial charge < -0.3 is 19.6 Å². The van der Waals surface area contributed by atoms with Crippen LogP contribution in [0.2, 0.25) is 18.1 Å². The fourth-order valence-corrected chi connectivity index (χ4v) is 3.08. The average molecular weight is 450 g/mol. The Balaban J connectivity index is 2.77. The van der Waals surface area contributed by atoms with E-state index in [1.165, 1.54) is 6.07 Å². The van der Waals surface area contributed by atoms with E-state index in [9.17, 15) is 14.9 Å². The quantitative estimate of drug-likeness (QED) is 0.364. The smallest absolute Gasteiger partial charge is 0.404 e. The van der Waals surface area contributed by atoms with E-state index in [0.717, 1.165) is 6.20 Å². The first-order valence-electron chi connectivity index (χ1n) is 7.86. The molecule has 0 aliphatic rings. The summed E-state index contributed by atoms with van der Waals surface area (Å²) >= 11 is 3.16. The molecule has 2 N–H and O–H groups in total. The largest absolute Gasteiger partial charge is 0.473 e. The van der Waals surface area contributed by atoms with Crippen molar-refractivity contribution in [2.75, 3.05) is 13.2 Å². The Morgan fingerprint density at radius 3 is 2.50 bits per heavy atom. The number of ether oxygens (including phenoxy) is 2. The van der Waals surface area contributed by atoms with E-state index in [1.807, 2.05) is 0 Å². The number of carbonyl (C=O) groups is 1. The van der Waals surface area contributed by atoms with E-state index in [2.05, 4.69) is 54.8 Å². The number of nitrogens with two attached hydrogens (primary N) is 1. The summed E-state index contributed by atoms with van der Waals surface area (Å²) in [5.41, 5.74) is 4.94. The summed E-state index contributed by atoms with van der Waals surface area (Å²) < 4.78 is 16.9. The Kier molecular flexibility index (Phi) is 7.53. The van der Waals surface area contributed by atoms with Gasteiger partial charge in [-0.25, -0.2) is 9.78 Å². The van der Waals surface area contributed by atoms with E-state index in [4.69, 9.17) is 19.6 Å². The van der Waals surface area contributed by atoms with E-state index >= 15 is 0 Å². The number of carbonyl (C=O) groups excluding carboxylic acids is 1. The van der Waals surface area contributed by atoms with Crippen LogP contribution in [0.15, 0.2) is 16.7 Å². The van der Waals surface area contributed by atoms with Gasteiger partial charge in [-0.1, -0.05) is 20.8 Å². The molecule has 146 valence electrons. The number of amides is 1. The van der Waals surface area contributed by atoms with Crippen molar-refractivity contribution in [2.45, 2.75) is 45.0 Å². The first-order valence-corrected chi connectivity index (χ1v) is 11.6. The second-order valence-electron chi connectivity index (χ2n) is 7.18. The van der Waals surface area contributed by atoms with Gasteiger partial charge in [0.25, 0.3) is 5.69 Å². The van der Waals surface area contributed by atoms with Gasteiger partial charge in [-0.15, -0.1) is 0 Å². The van der Waals surface area contributed by atoms with Crippen LogP contribution in [0, 0.1) is 10.1 Å². The maximum atomic E-state index is 11.1. The Morgan fingerprint density at radius 1 is 1.42 bits per heavy atom. The van der Waals surface area contributed by atoms with E-state index < -0.39 is 25.4 Å². The van der Waals surface area contributed by atoms with Crippen molar-refractivity contribution in [3.05, 3.63) is 26.9 Å². The van der Waals surface area contributed by atoms with E-state index in [-0.39, 0.29) is 29.8 Å². The number of nitro groups is 1. The number of aromatic nitrogens is 1.